The molecule has 1 aromatic carbocycles. The van der Waals surface area contributed by atoms with Crippen molar-refractivity contribution in [1.29, 1.82) is 0 Å². The molecular formula is C19H31NO. The fraction of sp³-hybridized carbons (Fsp3) is 0.684. The molecule has 0 aromatic heterocycles. The minimum absolute atomic E-state index is 0.226. The first kappa shape index (κ1) is 16.5. The van der Waals surface area contributed by atoms with Crippen LogP contribution in [0.1, 0.15) is 70.0 Å². The van der Waals surface area contributed by atoms with E-state index in [9.17, 15) is 0 Å². The first-order chi connectivity index (χ1) is 10.0. The lowest BCUT2D eigenvalue weighted by molar-refractivity contribution is 0.00866. The molecule has 1 aliphatic rings. The molecule has 2 rings (SSSR count). The van der Waals surface area contributed by atoms with E-state index in [1.807, 2.05) is 0 Å². The Balaban J connectivity index is 1.93. The van der Waals surface area contributed by atoms with Crippen LogP contribution in [0, 0.1) is 0 Å². The predicted molar refractivity (Wildman–Crippen MR) is 89.8 cm³/mol. The standard InChI is InChI=1S/C19H31NO/c1-19(2,3)16-10-8-15(9-11-16)18(20-4)13-12-17-7-5-6-14-21-17/h8-11,17-18,20H,5-7,12-14H2,1-4H3. The van der Waals surface area contributed by atoms with Crippen LogP contribution in [0.2, 0.25) is 0 Å². The summed E-state index contributed by atoms with van der Waals surface area (Å²) in [6, 6.07) is 9.55. The third-order valence-corrected chi connectivity index (χ3v) is 4.58. The highest BCUT2D eigenvalue weighted by molar-refractivity contribution is 5.29. The van der Waals surface area contributed by atoms with Crippen LogP contribution in [0.4, 0.5) is 0 Å². The van der Waals surface area contributed by atoms with Gasteiger partial charge in [0.15, 0.2) is 0 Å². The van der Waals surface area contributed by atoms with E-state index >= 15 is 0 Å². The number of ether oxygens (including phenoxy) is 1. The van der Waals surface area contributed by atoms with Crippen molar-refractivity contribution in [3.8, 4) is 0 Å². The average Bonchev–Trinajstić information content (AvgIpc) is 2.48. The molecule has 1 N–H and O–H groups in total. The molecule has 21 heavy (non-hydrogen) atoms. The molecule has 1 heterocycles. The molecule has 2 heteroatoms. The summed E-state index contributed by atoms with van der Waals surface area (Å²) in [7, 11) is 2.06. The van der Waals surface area contributed by atoms with Crippen molar-refractivity contribution in [1.82, 2.24) is 5.32 Å². The maximum atomic E-state index is 5.84. The minimum Gasteiger partial charge on any atom is -0.378 e. The van der Waals surface area contributed by atoms with Crippen LogP contribution in [0.3, 0.4) is 0 Å². The van der Waals surface area contributed by atoms with Crippen molar-refractivity contribution >= 4 is 0 Å². The second kappa shape index (κ2) is 7.42. The van der Waals surface area contributed by atoms with Crippen LogP contribution in [0.15, 0.2) is 24.3 Å². The van der Waals surface area contributed by atoms with E-state index in [1.54, 1.807) is 0 Å². The molecule has 0 aliphatic carbocycles. The molecule has 0 bridgehead atoms. The fourth-order valence-corrected chi connectivity index (χ4v) is 3.08. The van der Waals surface area contributed by atoms with Gasteiger partial charge in [0.1, 0.15) is 0 Å². The smallest absolute Gasteiger partial charge is 0.0575 e. The Bertz CT molecular complexity index is 412. The van der Waals surface area contributed by atoms with Crippen LogP contribution < -0.4 is 5.32 Å². The zero-order valence-electron chi connectivity index (χ0n) is 14.1. The van der Waals surface area contributed by atoms with E-state index in [1.165, 1.54) is 30.4 Å². The molecule has 1 aliphatic heterocycles. The third kappa shape index (κ3) is 4.82. The molecule has 1 aromatic rings. The monoisotopic (exact) mass is 289 g/mol. The van der Waals surface area contributed by atoms with Gasteiger partial charge in [0, 0.05) is 12.6 Å². The van der Waals surface area contributed by atoms with E-state index in [2.05, 4.69) is 57.4 Å². The summed E-state index contributed by atoms with van der Waals surface area (Å²) in [5.74, 6) is 0. The summed E-state index contributed by atoms with van der Waals surface area (Å²) in [5.41, 5.74) is 3.02. The first-order valence-corrected chi connectivity index (χ1v) is 8.40. The van der Waals surface area contributed by atoms with Gasteiger partial charge in [-0.2, -0.15) is 0 Å². The molecule has 0 amide bonds. The Labute approximate surface area is 130 Å². The van der Waals surface area contributed by atoms with Gasteiger partial charge in [-0.15, -0.1) is 0 Å². The highest BCUT2D eigenvalue weighted by Crippen LogP contribution is 2.27. The molecule has 0 spiro atoms. The maximum Gasteiger partial charge on any atom is 0.0575 e. The maximum absolute atomic E-state index is 5.84. The molecule has 2 atom stereocenters. The van der Waals surface area contributed by atoms with Gasteiger partial charge in [-0.3, -0.25) is 0 Å². The van der Waals surface area contributed by atoms with Crippen LogP contribution in [0.25, 0.3) is 0 Å². The van der Waals surface area contributed by atoms with Crippen molar-refractivity contribution in [3.63, 3.8) is 0 Å². The van der Waals surface area contributed by atoms with E-state index in [-0.39, 0.29) is 5.41 Å². The third-order valence-electron chi connectivity index (χ3n) is 4.58. The van der Waals surface area contributed by atoms with E-state index < -0.39 is 0 Å². The molecule has 0 saturated carbocycles. The second-order valence-corrected chi connectivity index (χ2v) is 7.28. The Hall–Kier alpha value is -0.860. The largest absolute Gasteiger partial charge is 0.378 e. The van der Waals surface area contributed by atoms with E-state index in [4.69, 9.17) is 4.74 Å². The van der Waals surface area contributed by atoms with Crippen LogP contribution in [-0.4, -0.2) is 19.8 Å². The quantitative estimate of drug-likeness (QED) is 0.855. The zero-order chi connectivity index (χ0) is 15.3. The molecular weight excluding hydrogens is 258 g/mol. The molecule has 1 fully saturated rings. The molecule has 0 radical (unpaired) electrons. The molecule has 1 saturated heterocycles. The van der Waals surface area contributed by atoms with Gasteiger partial charge in [-0.1, -0.05) is 45.0 Å². The lowest BCUT2D eigenvalue weighted by Crippen LogP contribution is -2.23. The Morgan fingerprint density at radius 3 is 2.43 bits per heavy atom. The Morgan fingerprint density at radius 1 is 1.19 bits per heavy atom. The van der Waals surface area contributed by atoms with Crippen molar-refractivity contribution in [3.05, 3.63) is 35.4 Å². The number of nitrogens with one attached hydrogen (secondary N) is 1. The summed E-state index contributed by atoms with van der Waals surface area (Å²) in [5, 5.41) is 3.46. The van der Waals surface area contributed by atoms with Gasteiger partial charge in [0.2, 0.25) is 0 Å². The zero-order valence-corrected chi connectivity index (χ0v) is 14.1. The Morgan fingerprint density at radius 2 is 1.90 bits per heavy atom. The highest BCUT2D eigenvalue weighted by atomic mass is 16.5. The highest BCUT2D eigenvalue weighted by Gasteiger charge is 2.18. The fourth-order valence-electron chi connectivity index (χ4n) is 3.08. The summed E-state index contributed by atoms with van der Waals surface area (Å²) in [4.78, 5) is 0. The van der Waals surface area contributed by atoms with Gasteiger partial charge < -0.3 is 10.1 Å². The lowest BCUT2D eigenvalue weighted by atomic mass is 9.86. The van der Waals surface area contributed by atoms with Gasteiger partial charge in [-0.05, 0) is 55.7 Å². The average molecular weight is 289 g/mol. The molecule has 2 nitrogen and oxygen atoms in total. The van der Waals surface area contributed by atoms with E-state index in [0.29, 0.717) is 12.1 Å². The van der Waals surface area contributed by atoms with Crippen molar-refractivity contribution < 1.29 is 4.74 Å². The minimum atomic E-state index is 0.226. The predicted octanol–water partition coefficient (Wildman–Crippen LogP) is 4.59. The number of benzene rings is 1. The summed E-state index contributed by atoms with van der Waals surface area (Å²) < 4.78 is 5.84. The Kier molecular flexibility index (Phi) is 5.83. The van der Waals surface area contributed by atoms with Gasteiger partial charge in [-0.25, -0.2) is 0 Å². The number of rotatable bonds is 5. The van der Waals surface area contributed by atoms with Gasteiger partial charge in [0.05, 0.1) is 6.10 Å². The molecule has 118 valence electrons. The first-order valence-electron chi connectivity index (χ1n) is 8.40. The normalized spacial score (nSPS) is 21.2. The summed E-state index contributed by atoms with van der Waals surface area (Å²) in [6.07, 6.45) is 6.58. The summed E-state index contributed by atoms with van der Waals surface area (Å²) in [6.45, 7) is 7.74. The topological polar surface area (TPSA) is 21.3 Å². The van der Waals surface area contributed by atoms with Gasteiger partial charge >= 0.3 is 0 Å². The number of hydrogen-bond acceptors (Lipinski definition) is 2. The lowest BCUT2D eigenvalue weighted by Gasteiger charge is -2.25. The number of hydrogen-bond donors (Lipinski definition) is 1. The van der Waals surface area contributed by atoms with Crippen molar-refractivity contribution in [2.24, 2.45) is 0 Å². The summed E-state index contributed by atoms with van der Waals surface area (Å²) >= 11 is 0. The van der Waals surface area contributed by atoms with Crippen LogP contribution in [0.5, 0.6) is 0 Å². The second-order valence-electron chi connectivity index (χ2n) is 7.28. The van der Waals surface area contributed by atoms with Crippen LogP contribution in [-0.2, 0) is 10.2 Å². The molecule has 2 unspecified atom stereocenters. The van der Waals surface area contributed by atoms with Gasteiger partial charge in [0.25, 0.3) is 0 Å². The SMILES string of the molecule is CNC(CCC1CCCCO1)c1ccc(C(C)(C)C)cc1. The van der Waals surface area contributed by atoms with E-state index in [0.717, 1.165) is 19.4 Å². The van der Waals surface area contributed by atoms with Crippen molar-refractivity contribution in [2.75, 3.05) is 13.7 Å². The van der Waals surface area contributed by atoms with Crippen molar-refractivity contribution in [2.45, 2.75) is 70.4 Å². The van der Waals surface area contributed by atoms with Crippen LogP contribution >= 0.6 is 0 Å².